The molecule has 1 rings (SSSR count). The van der Waals surface area contributed by atoms with Gasteiger partial charge in [0.15, 0.2) is 0 Å². The topological polar surface area (TPSA) is 82.0 Å². The molecule has 17 heavy (non-hydrogen) atoms. The molecule has 0 fully saturated rings. The Hall–Kier alpha value is -1.13. The van der Waals surface area contributed by atoms with Crippen LogP contribution < -0.4 is 10.0 Å². The van der Waals surface area contributed by atoms with E-state index in [1.807, 2.05) is 6.07 Å². The Kier molecular flexibility index (Phi) is 4.90. The third-order valence-electron chi connectivity index (χ3n) is 2.02. The van der Waals surface area contributed by atoms with Crippen molar-refractivity contribution in [2.75, 3.05) is 20.1 Å². The molecule has 92 valence electrons. The van der Waals surface area contributed by atoms with E-state index in [-0.39, 0.29) is 22.0 Å². The first-order valence-corrected chi connectivity index (χ1v) is 6.71. The molecule has 0 radical (unpaired) electrons. The Morgan fingerprint density at radius 1 is 1.41 bits per heavy atom. The molecule has 0 spiro atoms. The van der Waals surface area contributed by atoms with Crippen LogP contribution in [0.1, 0.15) is 5.56 Å². The van der Waals surface area contributed by atoms with Gasteiger partial charge in [-0.15, -0.1) is 0 Å². The van der Waals surface area contributed by atoms with Gasteiger partial charge in [-0.2, -0.15) is 5.26 Å². The number of likely N-dealkylation sites (N-methyl/N-ethyl adjacent to an activating group) is 1. The molecule has 0 aromatic heterocycles. The molecule has 7 heteroatoms. The van der Waals surface area contributed by atoms with Crippen LogP contribution in [0.4, 0.5) is 0 Å². The monoisotopic (exact) mass is 273 g/mol. The number of rotatable bonds is 5. The number of nitrogens with zero attached hydrogens (tertiary/aromatic N) is 1. The summed E-state index contributed by atoms with van der Waals surface area (Å²) in [6.07, 6.45) is 0. The summed E-state index contributed by atoms with van der Waals surface area (Å²) >= 11 is 5.81. The van der Waals surface area contributed by atoms with Crippen molar-refractivity contribution >= 4 is 21.6 Å². The van der Waals surface area contributed by atoms with Crippen molar-refractivity contribution in [1.82, 2.24) is 10.0 Å². The van der Waals surface area contributed by atoms with E-state index in [0.717, 1.165) is 0 Å². The van der Waals surface area contributed by atoms with Crippen LogP contribution in [-0.2, 0) is 10.0 Å². The summed E-state index contributed by atoms with van der Waals surface area (Å²) < 4.78 is 26.1. The minimum atomic E-state index is -3.67. The van der Waals surface area contributed by atoms with Crippen molar-refractivity contribution in [3.8, 4) is 6.07 Å². The van der Waals surface area contributed by atoms with Crippen LogP contribution in [0.15, 0.2) is 23.1 Å². The molecule has 0 aliphatic carbocycles. The number of hydrogen-bond acceptors (Lipinski definition) is 4. The third-order valence-corrected chi connectivity index (χ3v) is 3.96. The van der Waals surface area contributed by atoms with E-state index < -0.39 is 10.0 Å². The van der Waals surface area contributed by atoms with Crippen molar-refractivity contribution in [3.05, 3.63) is 28.8 Å². The maximum Gasteiger partial charge on any atom is 0.242 e. The maximum absolute atomic E-state index is 11.9. The zero-order valence-electron chi connectivity index (χ0n) is 9.20. The van der Waals surface area contributed by atoms with Crippen LogP contribution in [0.25, 0.3) is 0 Å². The molecular weight excluding hydrogens is 262 g/mol. The van der Waals surface area contributed by atoms with Gasteiger partial charge in [0.05, 0.1) is 16.7 Å². The maximum atomic E-state index is 11.9. The lowest BCUT2D eigenvalue weighted by atomic mass is 10.2. The zero-order chi connectivity index (χ0) is 12.9. The largest absolute Gasteiger partial charge is 0.318 e. The van der Waals surface area contributed by atoms with E-state index in [1.165, 1.54) is 18.2 Å². The smallest absolute Gasteiger partial charge is 0.242 e. The molecule has 1 aromatic carbocycles. The summed E-state index contributed by atoms with van der Waals surface area (Å²) in [5.74, 6) is 0. The Morgan fingerprint density at radius 3 is 2.71 bits per heavy atom. The molecule has 0 saturated heterocycles. The van der Waals surface area contributed by atoms with E-state index in [0.29, 0.717) is 6.54 Å². The molecular formula is C10H12ClN3O2S. The molecule has 0 bridgehead atoms. The predicted molar refractivity (Wildman–Crippen MR) is 65.3 cm³/mol. The Morgan fingerprint density at radius 2 is 2.12 bits per heavy atom. The van der Waals surface area contributed by atoms with E-state index in [2.05, 4.69) is 10.0 Å². The van der Waals surface area contributed by atoms with Crippen LogP contribution in [-0.4, -0.2) is 28.6 Å². The first-order valence-electron chi connectivity index (χ1n) is 4.85. The van der Waals surface area contributed by atoms with Crippen molar-refractivity contribution in [1.29, 1.82) is 5.26 Å². The van der Waals surface area contributed by atoms with Gasteiger partial charge in [0.2, 0.25) is 10.0 Å². The van der Waals surface area contributed by atoms with Gasteiger partial charge in [-0.3, -0.25) is 0 Å². The minimum absolute atomic E-state index is 0.0747. The highest BCUT2D eigenvalue weighted by Crippen LogP contribution is 2.22. The Labute approximate surface area is 105 Å². The lowest BCUT2D eigenvalue weighted by Gasteiger charge is -2.08. The zero-order valence-corrected chi connectivity index (χ0v) is 10.8. The fourth-order valence-corrected chi connectivity index (χ4v) is 2.72. The molecule has 0 unspecified atom stereocenters. The van der Waals surface area contributed by atoms with E-state index >= 15 is 0 Å². The summed E-state index contributed by atoms with van der Waals surface area (Å²) in [4.78, 5) is -0.0747. The second-order valence-electron chi connectivity index (χ2n) is 3.26. The molecule has 0 atom stereocenters. The Bertz CT molecular complexity index is 537. The standard InChI is InChI=1S/C10H12ClN3O2S/c1-13-4-5-14-17(15,16)10-6-8(7-12)2-3-9(10)11/h2-3,6,13-14H,4-5H2,1H3. The fourth-order valence-electron chi connectivity index (χ4n) is 1.17. The summed E-state index contributed by atoms with van der Waals surface area (Å²) in [7, 11) is -1.95. The molecule has 0 aliphatic rings. The second kappa shape index (κ2) is 5.98. The molecule has 0 amide bonds. The van der Waals surface area contributed by atoms with Gasteiger partial charge in [0.25, 0.3) is 0 Å². The minimum Gasteiger partial charge on any atom is -0.318 e. The predicted octanol–water partition coefficient (Wildman–Crippen LogP) is 0.709. The van der Waals surface area contributed by atoms with Gasteiger partial charge in [0, 0.05) is 13.1 Å². The fraction of sp³-hybridized carbons (Fsp3) is 0.300. The number of nitriles is 1. The number of nitrogens with one attached hydrogen (secondary N) is 2. The summed E-state index contributed by atoms with van der Waals surface area (Å²) in [5, 5.41) is 11.6. The van der Waals surface area contributed by atoms with Crippen LogP contribution in [0.5, 0.6) is 0 Å². The highest BCUT2D eigenvalue weighted by atomic mass is 35.5. The second-order valence-corrected chi connectivity index (χ2v) is 5.40. The summed E-state index contributed by atoms with van der Waals surface area (Å²) in [6, 6.07) is 5.99. The highest BCUT2D eigenvalue weighted by molar-refractivity contribution is 7.89. The highest BCUT2D eigenvalue weighted by Gasteiger charge is 2.17. The van der Waals surface area contributed by atoms with Gasteiger partial charge < -0.3 is 5.32 Å². The summed E-state index contributed by atoms with van der Waals surface area (Å²) in [5.41, 5.74) is 0.253. The van der Waals surface area contributed by atoms with Gasteiger partial charge >= 0.3 is 0 Å². The van der Waals surface area contributed by atoms with Crippen molar-refractivity contribution in [3.63, 3.8) is 0 Å². The quantitative estimate of drug-likeness (QED) is 0.774. The number of benzene rings is 1. The first kappa shape index (κ1) is 13.9. The average molecular weight is 274 g/mol. The number of hydrogen-bond donors (Lipinski definition) is 2. The Balaban J connectivity index is 3.02. The van der Waals surface area contributed by atoms with Crippen LogP contribution in [0, 0.1) is 11.3 Å². The molecule has 0 aliphatic heterocycles. The van der Waals surface area contributed by atoms with Crippen LogP contribution in [0.2, 0.25) is 5.02 Å². The lowest BCUT2D eigenvalue weighted by Crippen LogP contribution is -2.30. The van der Waals surface area contributed by atoms with Crippen LogP contribution in [0.3, 0.4) is 0 Å². The van der Waals surface area contributed by atoms with Gasteiger partial charge in [-0.05, 0) is 25.2 Å². The summed E-state index contributed by atoms with van der Waals surface area (Å²) in [6.45, 7) is 0.765. The molecule has 5 nitrogen and oxygen atoms in total. The lowest BCUT2D eigenvalue weighted by molar-refractivity contribution is 0.579. The van der Waals surface area contributed by atoms with Gasteiger partial charge in [-0.25, -0.2) is 13.1 Å². The third kappa shape index (κ3) is 3.68. The van der Waals surface area contributed by atoms with Crippen molar-refractivity contribution in [2.24, 2.45) is 0 Å². The van der Waals surface area contributed by atoms with E-state index in [4.69, 9.17) is 16.9 Å². The van der Waals surface area contributed by atoms with Gasteiger partial charge in [-0.1, -0.05) is 11.6 Å². The molecule has 0 saturated carbocycles. The van der Waals surface area contributed by atoms with Crippen molar-refractivity contribution in [2.45, 2.75) is 4.90 Å². The number of halogens is 1. The average Bonchev–Trinajstić information content (AvgIpc) is 2.29. The van der Waals surface area contributed by atoms with E-state index in [9.17, 15) is 8.42 Å². The normalized spacial score (nSPS) is 11.1. The van der Waals surface area contributed by atoms with Crippen molar-refractivity contribution < 1.29 is 8.42 Å². The van der Waals surface area contributed by atoms with Gasteiger partial charge in [0.1, 0.15) is 4.90 Å². The molecule has 1 aromatic rings. The molecule has 0 heterocycles. The SMILES string of the molecule is CNCCNS(=O)(=O)c1cc(C#N)ccc1Cl. The molecule has 2 N–H and O–H groups in total. The van der Waals surface area contributed by atoms with E-state index in [1.54, 1.807) is 7.05 Å². The number of sulfonamides is 1. The first-order chi connectivity index (χ1) is 8.01. The van der Waals surface area contributed by atoms with Crippen LogP contribution >= 0.6 is 11.6 Å².